The van der Waals surface area contributed by atoms with Crippen LogP contribution in [0.25, 0.3) is 0 Å². The quantitative estimate of drug-likeness (QED) is 0.748. The van der Waals surface area contributed by atoms with Crippen LogP contribution < -0.4 is 0 Å². The molecule has 3 heteroatoms. The van der Waals surface area contributed by atoms with Gasteiger partial charge in [0.2, 0.25) is 0 Å². The van der Waals surface area contributed by atoms with Gasteiger partial charge in [-0.25, -0.2) is 0 Å². The van der Waals surface area contributed by atoms with Gasteiger partial charge in [0.1, 0.15) is 0 Å². The molecular weight excluding hydrogens is 262 g/mol. The molecule has 2 aromatic rings. The highest BCUT2D eigenvalue weighted by atomic mass is 16.4. The van der Waals surface area contributed by atoms with Crippen LogP contribution in [0.5, 0.6) is 0 Å². The van der Waals surface area contributed by atoms with E-state index in [0.29, 0.717) is 0 Å². The van der Waals surface area contributed by atoms with E-state index in [1.165, 1.54) is 16.7 Å². The maximum atomic E-state index is 10.4. The number of carbonyl (C=O) groups is 1. The second kappa shape index (κ2) is 8.20. The van der Waals surface area contributed by atoms with Gasteiger partial charge in [0.25, 0.3) is 0 Å². The van der Waals surface area contributed by atoms with Crippen LogP contribution >= 0.6 is 0 Å². The van der Waals surface area contributed by atoms with Crippen LogP contribution in [-0.2, 0) is 17.6 Å². The summed E-state index contributed by atoms with van der Waals surface area (Å²) in [6, 6.07) is 12.7. The molecule has 0 aliphatic rings. The number of unbranched alkanes of at least 4 members (excludes halogenated alkanes) is 2. The standard InChI is InChI=1S/C18H21NO2/c20-18(21)7-3-1-2-5-15-8-10-16(11-9-15)13-17-6-4-12-19-14-17/h4,6,8-12,14H,1-3,5,7,13H2,(H,20,21). The molecule has 1 N–H and O–H groups in total. The molecule has 21 heavy (non-hydrogen) atoms. The summed E-state index contributed by atoms with van der Waals surface area (Å²) < 4.78 is 0. The normalized spacial score (nSPS) is 10.5. The van der Waals surface area contributed by atoms with Crippen molar-refractivity contribution in [3.63, 3.8) is 0 Å². The van der Waals surface area contributed by atoms with Gasteiger partial charge < -0.3 is 5.11 Å². The lowest BCUT2D eigenvalue weighted by Gasteiger charge is -2.04. The number of aliphatic carboxylic acids is 1. The molecule has 0 aliphatic heterocycles. The van der Waals surface area contributed by atoms with Crippen molar-refractivity contribution in [2.75, 3.05) is 0 Å². The zero-order valence-corrected chi connectivity index (χ0v) is 12.2. The molecule has 2 rings (SSSR count). The fourth-order valence-corrected chi connectivity index (χ4v) is 2.34. The SMILES string of the molecule is O=C(O)CCCCCc1ccc(Cc2cccnc2)cc1. The van der Waals surface area contributed by atoms with Crippen LogP contribution in [0.2, 0.25) is 0 Å². The fraction of sp³-hybridized carbons (Fsp3) is 0.333. The summed E-state index contributed by atoms with van der Waals surface area (Å²) in [6.45, 7) is 0. The second-order valence-electron chi connectivity index (χ2n) is 5.31. The van der Waals surface area contributed by atoms with Crippen molar-refractivity contribution in [3.05, 3.63) is 65.5 Å². The zero-order valence-electron chi connectivity index (χ0n) is 12.2. The third-order valence-electron chi connectivity index (χ3n) is 3.51. The highest BCUT2D eigenvalue weighted by Gasteiger charge is 1.99. The molecule has 0 amide bonds. The Morgan fingerprint density at radius 1 is 0.952 bits per heavy atom. The van der Waals surface area contributed by atoms with Crippen LogP contribution in [0.1, 0.15) is 42.4 Å². The minimum absolute atomic E-state index is 0.282. The lowest BCUT2D eigenvalue weighted by molar-refractivity contribution is -0.137. The average Bonchev–Trinajstić information content (AvgIpc) is 2.49. The first-order chi connectivity index (χ1) is 10.2. The molecule has 0 atom stereocenters. The third-order valence-corrected chi connectivity index (χ3v) is 3.51. The van der Waals surface area contributed by atoms with Gasteiger partial charge in [-0.1, -0.05) is 36.8 Å². The highest BCUT2D eigenvalue weighted by molar-refractivity contribution is 5.66. The van der Waals surface area contributed by atoms with Gasteiger partial charge in [-0.3, -0.25) is 9.78 Å². The monoisotopic (exact) mass is 283 g/mol. The van der Waals surface area contributed by atoms with Gasteiger partial charge in [0.05, 0.1) is 0 Å². The Morgan fingerprint density at radius 3 is 2.38 bits per heavy atom. The number of hydrogen-bond donors (Lipinski definition) is 1. The van der Waals surface area contributed by atoms with Gasteiger partial charge in [0.15, 0.2) is 0 Å². The Balaban J connectivity index is 1.75. The van der Waals surface area contributed by atoms with E-state index in [2.05, 4.69) is 35.3 Å². The van der Waals surface area contributed by atoms with Crippen molar-refractivity contribution >= 4 is 5.97 Å². The Labute approximate surface area is 125 Å². The predicted molar refractivity (Wildman–Crippen MR) is 83.3 cm³/mol. The molecule has 1 aromatic carbocycles. The van der Waals surface area contributed by atoms with Gasteiger partial charge in [0, 0.05) is 18.8 Å². The minimum Gasteiger partial charge on any atom is -0.481 e. The molecule has 0 saturated heterocycles. The molecule has 0 fully saturated rings. The summed E-state index contributed by atoms with van der Waals surface area (Å²) in [5.74, 6) is -0.699. The molecule has 0 bridgehead atoms. The largest absolute Gasteiger partial charge is 0.481 e. The minimum atomic E-state index is -0.699. The summed E-state index contributed by atoms with van der Waals surface area (Å²) in [5, 5.41) is 8.58. The number of nitrogens with zero attached hydrogens (tertiary/aromatic N) is 1. The van der Waals surface area contributed by atoms with E-state index in [-0.39, 0.29) is 6.42 Å². The first kappa shape index (κ1) is 15.2. The number of carboxylic acids is 1. The smallest absolute Gasteiger partial charge is 0.303 e. The van der Waals surface area contributed by atoms with Crippen molar-refractivity contribution in [1.82, 2.24) is 4.98 Å². The van der Waals surface area contributed by atoms with Crippen LogP contribution in [0.3, 0.4) is 0 Å². The Kier molecular flexibility index (Phi) is 5.95. The van der Waals surface area contributed by atoms with Crippen LogP contribution in [0.4, 0.5) is 0 Å². The van der Waals surface area contributed by atoms with Crippen LogP contribution in [-0.4, -0.2) is 16.1 Å². The molecule has 1 aromatic heterocycles. The topological polar surface area (TPSA) is 50.2 Å². The number of aromatic nitrogens is 1. The molecule has 0 spiro atoms. The Hall–Kier alpha value is -2.16. The van der Waals surface area contributed by atoms with E-state index < -0.39 is 5.97 Å². The van der Waals surface area contributed by atoms with E-state index in [1.54, 1.807) is 6.20 Å². The second-order valence-corrected chi connectivity index (χ2v) is 5.31. The van der Waals surface area contributed by atoms with Crippen molar-refractivity contribution in [2.24, 2.45) is 0 Å². The third kappa shape index (κ3) is 5.78. The molecule has 3 nitrogen and oxygen atoms in total. The number of hydrogen-bond acceptors (Lipinski definition) is 2. The number of rotatable bonds is 8. The summed E-state index contributed by atoms with van der Waals surface area (Å²) in [4.78, 5) is 14.5. The molecule has 0 unspecified atom stereocenters. The predicted octanol–water partition coefficient (Wildman–Crippen LogP) is 3.86. The summed E-state index contributed by atoms with van der Waals surface area (Å²) in [6.07, 6.45) is 8.70. The molecule has 0 saturated carbocycles. The lowest BCUT2D eigenvalue weighted by atomic mass is 10.0. The van der Waals surface area contributed by atoms with Crippen molar-refractivity contribution in [2.45, 2.75) is 38.5 Å². The van der Waals surface area contributed by atoms with E-state index in [1.807, 2.05) is 12.3 Å². The maximum Gasteiger partial charge on any atom is 0.303 e. The zero-order chi connectivity index (χ0) is 14.9. The van der Waals surface area contributed by atoms with Gasteiger partial charge in [-0.15, -0.1) is 0 Å². The number of pyridine rings is 1. The van der Waals surface area contributed by atoms with Crippen LogP contribution in [0.15, 0.2) is 48.8 Å². The van der Waals surface area contributed by atoms with Gasteiger partial charge in [-0.05, 0) is 48.4 Å². The van der Waals surface area contributed by atoms with E-state index in [9.17, 15) is 4.79 Å². The average molecular weight is 283 g/mol. The number of carboxylic acid groups (broad SMARTS) is 1. The van der Waals surface area contributed by atoms with E-state index in [4.69, 9.17) is 5.11 Å². The number of aryl methyl sites for hydroxylation is 1. The summed E-state index contributed by atoms with van der Waals surface area (Å²) >= 11 is 0. The van der Waals surface area contributed by atoms with E-state index >= 15 is 0 Å². The molecule has 1 heterocycles. The maximum absolute atomic E-state index is 10.4. The Bertz CT molecular complexity index is 549. The first-order valence-corrected chi connectivity index (χ1v) is 7.42. The molecular formula is C18H21NO2. The van der Waals surface area contributed by atoms with Crippen molar-refractivity contribution in [1.29, 1.82) is 0 Å². The van der Waals surface area contributed by atoms with E-state index in [0.717, 1.165) is 32.1 Å². The van der Waals surface area contributed by atoms with Crippen molar-refractivity contribution < 1.29 is 9.90 Å². The first-order valence-electron chi connectivity index (χ1n) is 7.42. The molecule has 110 valence electrons. The molecule has 0 aliphatic carbocycles. The van der Waals surface area contributed by atoms with Crippen molar-refractivity contribution in [3.8, 4) is 0 Å². The summed E-state index contributed by atoms with van der Waals surface area (Å²) in [7, 11) is 0. The summed E-state index contributed by atoms with van der Waals surface area (Å²) in [5.41, 5.74) is 3.83. The highest BCUT2D eigenvalue weighted by Crippen LogP contribution is 2.12. The Morgan fingerprint density at radius 2 is 1.71 bits per heavy atom. The molecule has 0 radical (unpaired) electrons. The lowest BCUT2D eigenvalue weighted by Crippen LogP contribution is -1.94. The van der Waals surface area contributed by atoms with Gasteiger partial charge >= 0.3 is 5.97 Å². The fourth-order valence-electron chi connectivity index (χ4n) is 2.34. The van der Waals surface area contributed by atoms with Gasteiger partial charge in [-0.2, -0.15) is 0 Å². The van der Waals surface area contributed by atoms with Crippen LogP contribution in [0, 0.1) is 0 Å². The number of benzene rings is 1.